The van der Waals surface area contributed by atoms with Crippen LogP contribution >= 0.6 is 12.2 Å². The minimum absolute atomic E-state index is 0.221. The van der Waals surface area contributed by atoms with Crippen LogP contribution in [0.1, 0.15) is 0 Å². The second kappa shape index (κ2) is 2.53. The van der Waals surface area contributed by atoms with Crippen molar-refractivity contribution in [2.24, 2.45) is 14.1 Å². The van der Waals surface area contributed by atoms with E-state index in [1.807, 2.05) is 0 Å². The third kappa shape index (κ3) is 1.02. The lowest BCUT2D eigenvalue weighted by atomic mass is 10.5. The van der Waals surface area contributed by atoms with Crippen LogP contribution in [0.25, 0.3) is 11.2 Å². The van der Waals surface area contributed by atoms with Gasteiger partial charge in [-0.05, 0) is 0 Å². The number of imidazole rings is 1. The predicted molar refractivity (Wildman–Crippen MR) is 51.1 cm³/mol. The Morgan fingerprint density at radius 1 is 1.54 bits per heavy atom. The Morgan fingerprint density at radius 3 is 2.92 bits per heavy atom. The first kappa shape index (κ1) is 8.18. The summed E-state index contributed by atoms with van der Waals surface area (Å²) in [6.45, 7) is 0. The van der Waals surface area contributed by atoms with E-state index in [-0.39, 0.29) is 5.69 Å². The zero-order valence-electron chi connectivity index (χ0n) is 7.24. The van der Waals surface area contributed by atoms with Crippen LogP contribution in [-0.2, 0) is 14.1 Å². The van der Waals surface area contributed by atoms with Crippen LogP contribution in [0, 0.1) is 4.64 Å². The first-order valence-electron chi connectivity index (χ1n) is 3.71. The molecule has 0 saturated carbocycles. The lowest BCUT2D eigenvalue weighted by Gasteiger charge is -1.98. The van der Waals surface area contributed by atoms with Crippen molar-refractivity contribution in [1.82, 2.24) is 19.1 Å². The van der Waals surface area contributed by atoms with E-state index in [4.69, 9.17) is 12.2 Å². The maximum atomic E-state index is 11.3. The second-order valence-electron chi connectivity index (χ2n) is 2.85. The van der Waals surface area contributed by atoms with Gasteiger partial charge in [0, 0.05) is 14.1 Å². The van der Waals surface area contributed by atoms with Gasteiger partial charge in [-0.15, -0.1) is 0 Å². The lowest BCUT2D eigenvalue weighted by molar-refractivity contribution is 0.803. The van der Waals surface area contributed by atoms with Crippen LogP contribution in [0.5, 0.6) is 0 Å². The summed E-state index contributed by atoms with van der Waals surface area (Å²) in [6, 6.07) is 0. The van der Waals surface area contributed by atoms with Gasteiger partial charge in [0.1, 0.15) is 15.8 Å². The van der Waals surface area contributed by atoms with Crippen molar-refractivity contribution < 1.29 is 0 Å². The third-order valence-electron chi connectivity index (χ3n) is 1.97. The highest BCUT2D eigenvalue weighted by atomic mass is 32.1. The topological polar surface area (TPSA) is 55.6 Å². The van der Waals surface area contributed by atoms with Crippen LogP contribution < -0.4 is 5.69 Å². The van der Waals surface area contributed by atoms with E-state index in [0.717, 1.165) is 0 Å². The maximum Gasteiger partial charge on any atom is 0.327 e. The molecule has 0 bridgehead atoms. The molecule has 0 radical (unpaired) electrons. The van der Waals surface area contributed by atoms with Crippen molar-refractivity contribution in [3.63, 3.8) is 0 Å². The number of H-pyrrole nitrogens is 1. The van der Waals surface area contributed by atoms with Crippen LogP contribution in [-0.4, -0.2) is 19.1 Å². The first-order valence-corrected chi connectivity index (χ1v) is 4.12. The zero-order chi connectivity index (χ0) is 9.59. The fourth-order valence-electron chi connectivity index (χ4n) is 1.17. The molecule has 2 heterocycles. The second-order valence-corrected chi connectivity index (χ2v) is 3.23. The molecule has 0 saturated heterocycles. The molecule has 0 unspecified atom stereocenters. The van der Waals surface area contributed by atoms with Gasteiger partial charge in [-0.3, -0.25) is 9.55 Å². The van der Waals surface area contributed by atoms with Crippen molar-refractivity contribution in [3.05, 3.63) is 21.5 Å². The van der Waals surface area contributed by atoms with E-state index in [1.54, 1.807) is 25.0 Å². The number of rotatable bonds is 0. The highest BCUT2D eigenvalue weighted by molar-refractivity contribution is 7.71. The van der Waals surface area contributed by atoms with Gasteiger partial charge < -0.3 is 4.57 Å². The van der Waals surface area contributed by atoms with E-state index in [2.05, 4.69) is 9.97 Å². The largest absolute Gasteiger partial charge is 0.327 e. The summed E-state index contributed by atoms with van der Waals surface area (Å²) in [6.07, 6.45) is 1.62. The predicted octanol–water partition coefficient (Wildman–Crippen LogP) is 0.330. The molecule has 2 aromatic rings. The molecule has 0 atom stereocenters. The quantitative estimate of drug-likeness (QED) is 0.618. The van der Waals surface area contributed by atoms with Gasteiger partial charge in [0.2, 0.25) is 0 Å². The Kier molecular flexibility index (Phi) is 1.59. The van der Waals surface area contributed by atoms with Gasteiger partial charge in [-0.2, -0.15) is 0 Å². The SMILES string of the molecule is Cn1c(=O)[nH]c2c(ncn2C)c1=S. The molecule has 1 N–H and O–H groups in total. The monoisotopic (exact) mass is 196 g/mol. The van der Waals surface area contributed by atoms with Gasteiger partial charge in [0.25, 0.3) is 0 Å². The number of aryl methyl sites for hydroxylation is 1. The number of nitrogens with one attached hydrogen (secondary N) is 1. The van der Waals surface area contributed by atoms with E-state index in [0.29, 0.717) is 15.8 Å². The Balaban J connectivity index is 3.14. The summed E-state index contributed by atoms with van der Waals surface area (Å²) in [7, 11) is 3.43. The van der Waals surface area contributed by atoms with Crippen LogP contribution in [0.15, 0.2) is 11.1 Å². The molecule has 6 heteroatoms. The summed E-state index contributed by atoms with van der Waals surface area (Å²) in [5, 5.41) is 0. The summed E-state index contributed by atoms with van der Waals surface area (Å²) in [5.41, 5.74) is 1.09. The lowest BCUT2D eigenvalue weighted by Crippen LogP contribution is -2.20. The van der Waals surface area contributed by atoms with Gasteiger partial charge in [-0.1, -0.05) is 12.2 Å². The van der Waals surface area contributed by atoms with Gasteiger partial charge >= 0.3 is 5.69 Å². The third-order valence-corrected chi connectivity index (χ3v) is 2.44. The molecule has 2 aromatic heterocycles. The van der Waals surface area contributed by atoms with E-state index >= 15 is 0 Å². The normalized spacial score (nSPS) is 10.9. The van der Waals surface area contributed by atoms with Crippen molar-refractivity contribution in [2.75, 3.05) is 0 Å². The minimum atomic E-state index is -0.221. The van der Waals surface area contributed by atoms with E-state index < -0.39 is 0 Å². The summed E-state index contributed by atoms with van der Waals surface area (Å²) >= 11 is 5.06. The molecule has 0 fully saturated rings. The van der Waals surface area contributed by atoms with Gasteiger partial charge in [0.15, 0.2) is 0 Å². The molecule has 0 aromatic carbocycles. The number of nitrogens with zero attached hydrogens (tertiary/aromatic N) is 3. The molecular formula is C7H8N4OS. The van der Waals surface area contributed by atoms with Crippen molar-refractivity contribution in [3.8, 4) is 0 Å². The molecule has 0 amide bonds. The van der Waals surface area contributed by atoms with Crippen LogP contribution in [0.3, 0.4) is 0 Å². The van der Waals surface area contributed by atoms with Gasteiger partial charge in [0.05, 0.1) is 6.33 Å². The Bertz CT molecular complexity index is 576. The minimum Gasteiger partial charge on any atom is -0.320 e. The summed E-state index contributed by atoms with van der Waals surface area (Å²) in [4.78, 5) is 18.1. The standard InChI is InChI=1S/C7H8N4OS/c1-10-3-8-4-5(10)9-7(12)11(2)6(4)13/h3H,1-2H3,(H,9,12). The van der Waals surface area contributed by atoms with Crippen molar-refractivity contribution >= 4 is 23.4 Å². The average molecular weight is 196 g/mol. The molecule has 13 heavy (non-hydrogen) atoms. The number of hydrogen-bond donors (Lipinski definition) is 1. The zero-order valence-corrected chi connectivity index (χ0v) is 8.05. The van der Waals surface area contributed by atoms with Crippen molar-refractivity contribution in [1.29, 1.82) is 0 Å². The Morgan fingerprint density at radius 2 is 2.23 bits per heavy atom. The molecule has 0 spiro atoms. The number of aromatic amines is 1. The number of aromatic nitrogens is 4. The maximum absolute atomic E-state index is 11.3. The highest BCUT2D eigenvalue weighted by Crippen LogP contribution is 2.06. The molecule has 68 valence electrons. The highest BCUT2D eigenvalue weighted by Gasteiger charge is 2.04. The van der Waals surface area contributed by atoms with Crippen molar-refractivity contribution in [2.45, 2.75) is 0 Å². The molecule has 0 aliphatic heterocycles. The average Bonchev–Trinajstić information content (AvgIpc) is 2.45. The summed E-state index contributed by atoms with van der Waals surface area (Å²) in [5.74, 6) is 0. The van der Waals surface area contributed by atoms with Gasteiger partial charge in [-0.25, -0.2) is 9.78 Å². The molecule has 2 rings (SSSR count). The van der Waals surface area contributed by atoms with E-state index in [1.165, 1.54) is 4.57 Å². The molecule has 5 nitrogen and oxygen atoms in total. The smallest absolute Gasteiger partial charge is 0.320 e. The van der Waals surface area contributed by atoms with Crippen LogP contribution in [0.2, 0.25) is 0 Å². The number of hydrogen-bond acceptors (Lipinski definition) is 3. The molecule has 0 aliphatic rings. The summed E-state index contributed by atoms with van der Waals surface area (Å²) < 4.78 is 3.55. The molecule has 0 aliphatic carbocycles. The van der Waals surface area contributed by atoms with Crippen LogP contribution in [0.4, 0.5) is 0 Å². The fraction of sp³-hybridized carbons (Fsp3) is 0.286. The Hall–Kier alpha value is -1.43. The fourth-order valence-corrected chi connectivity index (χ4v) is 1.40. The number of fused-ring (bicyclic) bond motifs is 1. The molecular weight excluding hydrogens is 188 g/mol. The Labute approximate surface area is 78.7 Å². The van der Waals surface area contributed by atoms with E-state index in [9.17, 15) is 4.79 Å². The first-order chi connectivity index (χ1) is 6.11.